The molecule has 5 aromatic carbocycles. The number of carbonyl (C=O) groups is 6. The fourth-order valence-electron chi connectivity index (χ4n) is 11.5. The molecule has 6 aliphatic rings. The molecule has 4 heterocycles. The average Bonchev–Trinajstić information content (AvgIpc) is 1.58. The van der Waals surface area contributed by atoms with Crippen LogP contribution in [0.1, 0.15) is 68.1 Å². The van der Waals surface area contributed by atoms with Gasteiger partial charge >= 0.3 is 5.92 Å². The monoisotopic (exact) mass is 1390 g/mol. The topological polar surface area (TPSA) is 345 Å². The van der Waals surface area contributed by atoms with E-state index in [1.807, 2.05) is 18.2 Å². The normalized spacial score (nSPS) is 21.0. The summed E-state index contributed by atoms with van der Waals surface area (Å²) in [7, 11) is 0. The second-order valence-electron chi connectivity index (χ2n) is 25.0. The molecule has 23 nitrogen and oxygen atoms in total. The van der Waals surface area contributed by atoms with Crippen molar-refractivity contribution < 1.29 is 84.6 Å². The standard InChI is InChI=1S/C25H23FN4O4.C24H22F3N3O4.C23H22F2N4O4/c26-20-13-30(23(32)14-31)9-6-22(20)34-21-5-4-17(10-18(21)12-27)16-2-1-3-19(11-16)29-24(33)25(15-28)7-8-25;25-19-12-30(22(32)13-31)7-6-21(19)34-20-5-4-15(8-16(20)11-28)14-2-1-3-17(9-14)29-23(33)18-10-24(18,26)27;24-23(25)13-29(21(31)12-30)8-6-20(23)33-19-4-3-15(9-16(19)11-26)18-10-17(5-7-27-18)28-22(32)14-1-2-14/h1-5,10-11,20,22,31H,6-9,13-14H2,(H,29,33);1-5,8-9,18-19,21,31H,6-7,10,12-13H2,(H,29,33);3-5,7,9-10,14,20,30H,1-2,6,8,12-13H2,(H,27,28,32)/t20-,22+;18?,19-,21+;20-/m110/s1. The van der Waals surface area contributed by atoms with Crippen molar-refractivity contribution in [3.8, 4) is 75.0 Å². The molecule has 3 saturated heterocycles. The van der Waals surface area contributed by atoms with Gasteiger partial charge in [-0.1, -0.05) is 36.4 Å². The third kappa shape index (κ3) is 17.9. The summed E-state index contributed by atoms with van der Waals surface area (Å²) in [5.74, 6) is -10.1. The average molecular weight is 1390 g/mol. The Hall–Kier alpha value is -11.1. The summed E-state index contributed by atoms with van der Waals surface area (Å²) < 4.78 is 102. The Balaban J connectivity index is 0.000000163. The van der Waals surface area contributed by atoms with Crippen LogP contribution in [0.4, 0.5) is 43.4 Å². The molecule has 101 heavy (non-hydrogen) atoms. The molecule has 3 saturated carbocycles. The zero-order chi connectivity index (χ0) is 72.3. The maximum absolute atomic E-state index is 14.6. The number of rotatable bonds is 18. The number of halogens is 6. The van der Waals surface area contributed by atoms with Crippen LogP contribution in [-0.4, -0.2) is 172 Å². The lowest BCUT2D eigenvalue weighted by atomic mass is 10.0. The lowest BCUT2D eigenvalue weighted by molar-refractivity contribution is -0.161. The second-order valence-corrected chi connectivity index (χ2v) is 25.0. The number of nitrogens with zero attached hydrogens (tertiary/aromatic N) is 8. The Bertz CT molecular complexity index is 4320. The summed E-state index contributed by atoms with van der Waals surface area (Å²) in [6.07, 6.45) is -1.84. The number of hydrogen-bond donors (Lipinski definition) is 6. The molecule has 1 unspecified atom stereocenters. The summed E-state index contributed by atoms with van der Waals surface area (Å²) >= 11 is 0. The van der Waals surface area contributed by atoms with Gasteiger partial charge in [0.15, 0.2) is 18.4 Å². The van der Waals surface area contributed by atoms with Crippen molar-refractivity contribution in [3.05, 3.63) is 138 Å². The number of aliphatic hydroxyl groups excluding tert-OH is 3. The summed E-state index contributed by atoms with van der Waals surface area (Å²) in [4.78, 5) is 78.7. The predicted octanol–water partition coefficient (Wildman–Crippen LogP) is 8.48. The van der Waals surface area contributed by atoms with Gasteiger partial charge in [0, 0.05) is 80.1 Å². The third-order valence-corrected chi connectivity index (χ3v) is 17.8. The number of anilines is 3. The van der Waals surface area contributed by atoms with Crippen LogP contribution in [0.3, 0.4) is 0 Å². The van der Waals surface area contributed by atoms with Gasteiger partial charge < -0.3 is 60.2 Å². The minimum Gasteiger partial charge on any atom is -0.486 e. The van der Waals surface area contributed by atoms with Gasteiger partial charge in [0.2, 0.25) is 35.4 Å². The second kappa shape index (κ2) is 31.4. The zero-order valence-electron chi connectivity index (χ0n) is 54.0. The highest BCUT2D eigenvalue weighted by atomic mass is 19.3. The highest BCUT2D eigenvalue weighted by Gasteiger charge is 2.61. The maximum Gasteiger partial charge on any atom is 0.301 e. The summed E-state index contributed by atoms with van der Waals surface area (Å²) in [6.45, 7) is -2.90. The van der Waals surface area contributed by atoms with E-state index in [0.29, 0.717) is 57.9 Å². The Morgan fingerprint density at radius 3 is 1.43 bits per heavy atom. The first kappa shape index (κ1) is 72.6. The van der Waals surface area contributed by atoms with Gasteiger partial charge in [-0.15, -0.1) is 0 Å². The number of hydrogen-bond acceptors (Lipinski definition) is 17. The van der Waals surface area contributed by atoms with E-state index in [2.05, 4.69) is 33.1 Å². The SMILES string of the molecule is N#Cc1cc(-c2cc(NC(=O)C3CC3)ccn2)ccc1O[C@H]1CCN(C(=O)CO)CC1(F)F.N#Cc1cc(-c2cccc(NC(=O)C3(C#N)CC3)c2)ccc1O[C@H]1CCN(C(=O)CO)C[C@H]1F.N#Cc1cc(-c2cccc(NC(=O)C3CC3(F)F)c2)ccc1O[C@H]1CCN(C(=O)CO)C[C@H]1F. The lowest BCUT2D eigenvalue weighted by Gasteiger charge is -2.38. The molecule has 3 aliphatic heterocycles. The minimum absolute atomic E-state index is 0.00560. The first-order valence-electron chi connectivity index (χ1n) is 32.2. The molecule has 12 rings (SSSR count). The fraction of sp³-hybridized carbons (Fsp3) is 0.375. The molecule has 6 N–H and O–H groups in total. The molecule has 0 spiro atoms. The smallest absolute Gasteiger partial charge is 0.301 e. The molecule has 1 aromatic heterocycles. The number of amides is 6. The Morgan fingerprint density at radius 1 is 0.525 bits per heavy atom. The molecular weight excluding hydrogens is 1320 g/mol. The first-order valence-corrected chi connectivity index (χ1v) is 32.2. The van der Waals surface area contributed by atoms with Gasteiger partial charge in [0.25, 0.3) is 5.92 Å². The molecule has 0 radical (unpaired) electrons. The molecule has 6 amide bonds. The van der Waals surface area contributed by atoms with E-state index in [0.717, 1.165) is 23.3 Å². The molecule has 3 aliphatic carbocycles. The molecule has 524 valence electrons. The van der Waals surface area contributed by atoms with E-state index in [1.165, 1.54) is 28.1 Å². The van der Waals surface area contributed by atoms with E-state index >= 15 is 0 Å². The van der Waals surface area contributed by atoms with Crippen molar-refractivity contribution in [2.24, 2.45) is 17.3 Å². The lowest BCUT2D eigenvalue weighted by Crippen LogP contribution is -2.55. The number of carbonyl (C=O) groups excluding carboxylic acids is 6. The Labute approximate surface area is 575 Å². The van der Waals surface area contributed by atoms with Gasteiger partial charge in [-0.2, -0.15) is 21.0 Å². The highest BCUT2D eigenvalue weighted by molar-refractivity contribution is 6.00. The van der Waals surface area contributed by atoms with Crippen LogP contribution in [0.15, 0.2) is 121 Å². The van der Waals surface area contributed by atoms with Crippen LogP contribution in [0.5, 0.6) is 17.2 Å². The number of nitriles is 4. The number of ether oxygens (including phenoxy) is 3. The van der Waals surface area contributed by atoms with Crippen LogP contribution in [0.25, 0.3) is 33.5 Å². The molecular formula is C72H67F6N11O12. The van der Waals surface area contributed by atoms with E-state index in [1.54, 1.807) is 97.1 Å². The number of nitrogens with one attached hydrogen (secondary N) is 3. The molecule has 6 fully saturated rings. The highest BCUT2D eigenvalue weighted by Crippen LogP contribution is 2.49. The predicted molar refractivity (Wildman–Crippen MR) is 349 cm³/mol. The van der Waals surface area contributed by atoms with Gasteiger partial charge in [0.1, 0.15) is 78.8 Å². The van der Waals surface area contributed by atoms with Gasteiger partial charge in [-0.25, -0.2) is 26.3 Å². The fourth-order valence-corrected chi connectivity index (χ4v) is 11.5. The van der Waals surface area contributed by atoms with Crippen molar-refractivity contribution in [1.82, 2.24) is 19.7 Å². The number of pyridine rings is 1. The van der Waals surface area contributed by atoms with Crippen LogP contribution in [0.2, 0.25) is 0 Å². The number of likely N-dealkylation sites (tertiary alicyclic amines) is 3. The van der Waals surface area contributed by atoms with Gasteiger partial charge in [-0.05, 0) is 127 Å². The van der Waals surface area contributed by atoms with Crippen molar-refractivity contribution in [2.75, 3.05) is 75.0 Å². The van der Waals surface area contributed by atoms with Crippen molar-refractivity contribution in [1.29, 1.82) is 21.0 Å². The van der Waals surface area contributed by atoms with Gasteiger partial charge in [0.05, 0.1) is 48.1 Å². The molecule has 6 aromatic rings. The summed E-state index contributed by atoms with van der Waals surface area (Å²) in [5, 5.41) is 72.9. The quantitative estimate of drug-likeness (QED) is 0.0439. The molecule has 29 heteroatoms. The van der Waals surface area contributed by atoms with Crippen LogP contribution >= 0.6 is 0 Å². The number of aliphatic hydroxyl groups is 3. The van der Waals surface area contributed by atoms with Gasteiger partial charge in [-0.3, -0.25) is 33.8 Å². The third-order valence-electron chi connectivity index (χ3n) is 17.8. The Kier molecular flexibility index (Phi) is 22.6. The van der Waals surface area contributed by atoms with Crippen LogP contribution < -0.4 is 30.2 Å². The molecule has 0 bridgehead atoms. The van der Waals surface area contributed by atoms with Crippen molar-refractivity contribution in [3.63, 3.8) is 0 Å². The molecule has 6 atom stereocenters. The van der Waals surface area contributed by atoms with E-state index in [-0.39, 0.29) is 104 Å². The van der Waals surface area contributed by atoms with E-state index in [9.17, 15) is 76.2 Å². The largest absolute Gasteiger partial charge is 0.486 e. The van der Waals surface area contributed by atoms with Crippen molar-refractivity contribution >= 4 is 52.5 Å². The first-order chi connectivity index (χ1) is 48.4. The van der Waals surface area contributed by atoms with E-state index < -0.39 is 110 Å². The number of piperidine rings is 3. The number of aromatic nitrogens is 1. The maximum atomic E-state index is 14.6. The minimum atomic E-state index is -3.34. The van der Waals surface area contributed by atoms with E-state index in [4.69, 9.17) is 29.5 Å². The van der Waals surface area contributed by atoms with Crippen molar-refractivity contribution in [2.45, 2.75) is 93.9 Å². The van der Waals surface area contributed by atoms with Crippen LogP contribution in [0, 0.1) is 62.6 Å². The Morgan fingerprint density at radius 2 is 0.970 bits per heavy atom. The number of benzene rings is 5. The van der Waals surface area contributed by atoms with Crippen LogP contribution in [-0.2, 0) is 28.8 Å². The summed E-state index contributed by atoms with van der Waals surface area (Å²) in [5.41, 5.74) is 4.82. The zero-order valence-corrected chi connectivity index (χ0v) is 54.0. The number of alkyl halides is 6. The summed E-state index contributed by atoms with van der Waals surface area (Å²) in [6, 6.07) is 39.4.